The molecule has 3 nitrogen and oxygen atoms in total. The molecule has 1 saturated heterocycles. The molecule has 1 atom stereocenters. The number of alkyl halides is 1. The van der Waals surface area contributed by atoms with Crippen molar-refractivity contribution >= 4 is 21.6 Å². The molecule has 6 heteroatoms. The largest absolute Gasteiger partial charge is 0.243 e. The van der Waals surface area contributed by atoms with Crippen LogP contribution in [0.2, 0.25) is 0 Å². The van der Waals surface area contributed by atoms with Gasteiger partial charge in [-0.25, -0.2) is 12.8 Å². The highest BCUT2D eigenvalue weighted by molar-refractivity contribution is 7.89. The summed E-state index contributed by atoms with van der Waals surface area (Å²) in [7, 11) is -3.69. The first-order chi connectivity index (χ1) is 9.87. The van der Waals surface area contributed by atoms with E-state index in [2.05, 4.69) is 0 Å². The zero-order valence-corrected chi connectivity index (χ0v) is 14.0. The molecule has 0 spiro atoms. The van der Waals surface area contributed by atoms with E-state index in [1.54, 1.807) is 0 Å². The van der Waals surface area contributed by atoms with Crippen LogP contribution in [0, 0.1) is 12.7 Å². The molecule has 0 bridgehead atoms. The molecule has 118 valence electrons. The maximum absolute atomic E-state index is 14.0. The lowest BCUT2D eigenvalue weighted by Crippen LogP contribution is -2.38. The summed E-state index contributed by atoms with van der Waals surface area (Å²) in [6.07, 6.45) is 3.75. The molecule has 1 aliphatic rings. The van der Waals surface area contributed by atoms with Gasteiger partial charge >= 0.3 is 0 Å². The molecular weight excluding hydrogens is 313 g/mol. The monoisotopic (exact) mass is 333 g/mol. The van der Waals surface area contributed by atoms with Gasteiger partial charge in [0.05, 0.1) is 4.90 Å². The van der Waals surface area contributed by atoms with Crippen molar-refractivity contribution in [3.05, 3.63) is 29.1 Å². The lowest BCUT2D eigenvalue weighted by molar-refractivity contribution is 0.341. The molecule has 0 radical (unpaired) electrons. The van der Waals surface area contributed by atoms with E-state index in [1.165, 1.54) is 23.4 Å². The van der Waals surface area contributed by atoms with Crippen LogP contribution in [-0.4, -0.2) is 25.3 Å². The standard InChI is InChI=1S/C15H21ClFNO2S/c1-11-6-4-3-5-7-18(11)21(19,20)15-9-13(10-16)8-14(17)12(15)2/h8-9,11H,3-7,10H2,1-2H3. The first kappa shape index (κ1) is 16.7. The van der Waals surface area contributed by atoms with Gasteiger partial charge in [-0.1, -0.05) is 12.8 Å². The maximum Gasteiger partial charge on any atom is 0.243 e. The molecule has 0 N–H and O–H groups in total. The van der Waals surface area contributed by atoms with Crippen molar-refractivity contribution in [2.45, 2.75) is 56.3 Å². The fourth-order valence-electron chi connectivity index (χ4n) is 2.78. The van der Waals surface area contributed by atoms with Gasteiger partial charge in [0.2, 0.25) is 10.0 Å². The third kappa shape index (κ3) is 3.41. The third-order valence-corrected chi connectivity index (χ3v) is 6.54. The summed E-state index contributed by atoms with van der Waals surface area (Å²) in [5.41, 5.74) is 0.654. The number of nitrogens with zero attached hydrogens (tertiary/aromatic N) is 1. The van der Waals surface area contributed by atoms with Crippen LogP contribution >= 0.6 is 11.6 Å². The van der Waals surface area contributed by atoms with Crippen LogP contribution in [0.3, 0.4) is 0 Å². The average Bonchev–Trinajstić information content (AvgIpc) is 2.66. The average molecular weight is 334 g/mol. The Bertz CT molecular complexity index is 618. The van der Waals surface area contributed by atoms with Crippen LogP contribution in [0.15, 0.2) is 17.0 Å². The summed E-state index contributed by atoms with van der Waals surface area (Å²) in [6, 6.07) is 2.74. The highest BCUT2D eigenvalue weighted by Crippen LogP contribution is 2.28. The van der Waals surface area contributed by atoms with Crippen LogP contribution < -0.4 is 0 Å². The Morgan fingerprint density at radius 2 is 2.05 bits per heavy atom. The predicted octanol–water partition coefficient (Wildman–Crippen LogP) is 3.83. The fraction of sp³-hybridized carbons (Fsp3) is 0.600. The van der Waals surface area contributed by atoms with Gasteiger partial charge in [0, 0.05) is 24.0 Å². The van der Waals surface area contributed by atoms with Gasteiger partial charge < -0.3 is 0 Å². The summed E-state index contributed by atoms with van der Waals surface area (Å²) < 4.78 is 41.3. The van der Waals surface area contributed by atoms with E-state index >= 15 is 0 Å². The highest BCUT2D eigenvalue weighted by atomic mass is 35.5. The lowest BCUT2D eigenvalue weighted by atomic mass is 10.1. The van der Waals surface area contributed by atoms with E-state index in [1.807, 2.05) is 6.92 Å². The molecule has 1 aliphatic heterocycles. The van der Waals surface area contributed by atoms with Gasteiger partial charge in [0.25, 0.3) is 0 Å². The summed E-state index contributed by atoms with van der Waals surface area (Å²) >= 11 is 5.74. The SMILES string of the molecule is Cc1c(F)cc(CCl)cc1S(=O)(=O)N1CCCCCC1C. The molecule has 1 unspecified atom stereocenters. The van der Waals surface area contributed by atoms with Crippen molar-refractivity contribution < 1.29 is 12.8 Å². The van der Waals surface area contributed by atoms with Crippen LogP contribution in [0.1, 0.15) is 43.7 Å². The van der Waals surface area contributed by atoms with Crippen LogP contribution in [0.4, 0.5) is 4.39 Å². The fourth-order valence-corrected chi connectivity index (χ4v) is 4.92. The minimum absolute atomic E-state index is 0.0481. The second-order valence-corrected chi connectivity index (χ2v) is 7.77. The normalized spacial score (nSPS) is 21.2. The smallest absolute Gasteiger partial charge is 0.207 e. The number of halogens is 2. The van der Waals surface area contributed by atoms with Crippen molar-refractivity contribution in [1.82, 2.24) is 4.31 Å². The number of hydrogen-bond acceptors (Lipinski definition) is 2. The third-order valence-electron chi connectivity index (χ3n) is 4.09. The molecular formula is C15H21ClFNO2S. The Kier molecular flexibility index (Phi) is 5.28. The van der Waals surface area contributed by atoms with Gasteiger partial charge in [0.15, 0.2) is 0 Å². The highest BCUT2D eigenvalue weighted by Gasteiger charge is 2.32. The minimum Gasteiger partial charge on any atom is -0.207 e. The zero-order chi connectivity index (χ0) is 15.6. The second-order valence-electron chi connectivity index (χ2n) is 5.65. The van der Waals surface area contributed by atoms with E-state index < -0.39 is 15.8 Å². The first-order valence-corrected chi connectivity index (χ1v) is 9.22. The number of hydrogen-bond donors (Lipinski definition) is 0. The van der Waals surface area contributed by atoms with Crippen LogP contribution in [0.25, 0.3) is 0 Å². The molecule has 0 aliphatic carbocycles. The summed E-state index contributed by atoms with van der Waals surface area (Å²) in [5, 5.41) is 0. The Labute approximate surface area is 131 Å². The molecule has 0 amide bonds. The Hall–Kier alpha value is -0.650. The molecule has 1 aromatic rings. The van der Waals surface area contributed by atoms with Gasteiger partial charge in [-0.2, -0.15) is 4.31 Å². The van der Waals surface area contributed by atoms with Crippen LogP contribution in [0.5, 0.6) is 0 Å². The molecule has 0 saturated carbocycles. The van der Waals surface area contributed by atoms with Gasteiger partial charge in [-0.05, 0) is 44.4 Å². The Balaban J connectivity index is 2.50. The number of rotatable bonds is 3. The molecule has 1 fully saturated rings. The van der Waals surface area contributed by atoms with Crippen molar-refractivity contribution in [2.24, 2.45) is 0 Å². The Morgan fingerprint density at radius 1 is 1.33 bits per heavy atom. The Morgan fingerprint density at radius 3 is 2.71 bits per heavy atom. The lowest BCUT2D eigenvalue weighted by Gasteiger charge is -2.27. The predicted molar refractivity (Wildman–Crippen MR) is 82.5 cm³/mol. The van der Waals surface area contributed by atoms with Gasteiger partial charge in [0.1, 0.15) is 5.82 Å². The van der Waals surface area contributed by atoms with E-state index in [0.29, 0.717) is 12.1 Å². The van der Waals surface area contributed by atoms with E-state index in [9.17, 15) is 12.8 Å². The molecule has 2 rings (SSSR count). The van der Waals surface area contributed by atoms with Gasteiger partial charge in [-0.3, -0.25) is 0 Å². The van der Waals surface area contributed by atoms with Crippen molar-refractivity contribution in [3.8, 4) is 0 Å². The topological polar surface area (TPSA) is 37.4 Å². The molecule has 1 heterocycles. The number of sulfonamides is 1. The van der Waals surface area contributed by atoms with Crippen LogP contribution in [-0.2, 0) is 15.9 Å². The quantitative estimate of drug-likeness (QED) is 0.788. The van der Waals surface area contributed by atoms with Crippen molar-refractivity contribution in [1.29, 1.82) is 0 Å². The summed E-state index contributed by atoms with van der Waals surface area (Å²) in [6.45, 7) is 3.92. The zero-order valence-electron chi connectivity index (χ0n) is 12.4. The van der Waals surface area contributed by atoms with Crippen molar-refractivity contribution in [3.63, 3.8) is 0 Å². The van der Waals surface area contributed by atoms with E-state index in [4.69, 9.17) is 11.6 Å². The molecule has 0 aromatic heterocycles. The summed E-state index contributed by atoms with van der Waals surface area (Å²) in [4.78, 5) is 0.0481. The minimum atomic E-state index is -3.69. The maximum atomic E-state index is 14.0. The van der Waals surface area contributed by atoms with E-state index in [0.717, 1.165) is 25.7 Å². The number of benzene rings is 1. The summed E-state index contributed by atoms with van der Waals surface area (Å²) in [5.74, 6) is -0.427. The molecule has 1 aromatic carbocycles. The second kappa shape index (κ2) is 6.63. The van der Waals surface area contributed by atoms with Crippen molar-refractivity contribution in [2.75, 3.05) is 6.54 Å². The first-order valence-electron chi connectivity index (χ1n) is 7.24. The van der Waals surface area contributed by atoms with E-state index in [-0.39, 0.29) is 22.4 Å². The van der Waals surface area contributed by atoms with Gasteiger partial charge in [-0.15, -0.1) is 11.6 Å². The molecule has 21 heavy (non-hydrogen) atoms.